The van der Waals surface area contributed by atoms with Gasteiger partial charge in [-0.2, -0.15) is 8.78 Å². The highest BCUT2D eigenvalue weighted by molar-refractivity contribution is 5.99. The smallest absolute Gasteiger partial charge is 0.387 e. The number of ether oxygens (including phenoxy) is 2. The van der Waals surface area contributed by atoms with Crippen LogP contribution < -0.4 is 4.74 Å². The van der Waals surface area contributed by atoms with E-state index in [1.807, 2.05) is 0 Å². The third-order valence-corrected chi connectivity index (χ3v) is 6.55. The first-order chi connectivity index (χ1) is 13.6. The second-order valence-electron chi connectivity index (χ2n) is 8.52. The summed E-state index contributed by atoms with van der Waals surface area (Å²) in [4.78, 5) is 1.68. The number of aromatic hydroxyl groups is 1. The molecule has 3 N–H and O–H groups in total. The number of halogens is 3. The topological polar surface area (TPSA) is 89.6 Å². The number of nitrogens with zero attached hydrogens (tertiary/aromatic N) is 1. The summed E-state index contributed by atoms with van der Waals surface area (Å²) in [5.74, 6) is -0.588. The summed E-state index contributed by atoms with van der Waals surface area (Å²) in [5.41, 5.74) is -0.946. The molecule has 9 heteroatoms. The quantitative estimate of drug-likeness (QED) is 0.514. The standard InChI is InChI=1S/C20H24F3N3O3/c1-26(16-12-4-10-5-13(16)9-20(23,7-10)8-12)19(25)29-17(24)11-2-3-15(14(27)6-11)28-18(21)22/h2-3,6,10,12-13,16,18,24-25,27H,4-5,7-9H2,1H3. The van der Waals surface area contributed by atoms with Crippen LogP contribution in [0.2, 0.25) is 0 Å². The van der Waals surface area contributed by atoms with Crippen LogP contribution in [0.15, 0.2) is 18.2 Å². The predicted molar refractivity (Wildman–Crippen MR) is 99.3 cm³/mol. The number of nitrogens with one attached hydrogen (secondary N) is 2. The van der Waals surface area contributed by atoms with Gasteiger partial charge in [0, 0.05) is 18.7 Å². The number of hydrogen-bond acceptors (Lipinski definition) is 5. The second-order valence-corrected chi connectivity index (χ2v) is 8.52. The van der Waals surface area contributed by atoms with E-state index >= 15 is 0 Å². The Labute approximate surface area is 166 Å². The molecule has 5 rings (SSSR count). The van der Waals surface area contributed by atoms with Crippen molar-refractivity contribution in [2.24, 2.45) is 17.8 Å². The van der Waals surface area contributed by atoms with Gasteiger partial charge in [0.15, 0.2) is 11.5 Å². The lowest BCUT2D eigenvalue weighted by Gasteiger charge is -2.58. The van der Waals surface area contributed by atoms with E-state index in [0.29, 0.717) is 25.2 Å². The highest BCUT2D eigenvalue weighted by Crippen LogP contribution is 2.58. The zero-order valence-electron chi connectivity index (χ0n) is 16.0. The van der Waals surface area contributed by atoms with Crippen LogP contribution in [-0.4, -0.2) is 47.3 Å². The third kappa shape index (κ3) is 3.74. The summed E-state index contributed by atoms with van der Waals surface area (Å²) < 4.78 is 49.0. The van der Waals surface area contributed by atoms with E-state index in [9.17, 15) is 18.3 Å². The molecule has 158 valence electrons. The Morgan fingerprint density at radius 1 is 1.21 bits per heavy atom. The Kier molecular flexibility index (Phi) is 4.86. The summed E-state index contributed by atoms with van der Waals surface area (Å²) in [5, 5.41) is 26.1. The molecule has 6 nitrogen and oxygen atoms in total. The van der Waals surface area contributed by atoms with Gasteiger partial charge in [-0.15, -0.1) is 0 Å². The largest absolute Gasteiger partial charge is 0.504 e. The van der Waals surface area contributed by atoms with Gasteiger partial charge < -0.3 is 19.5 Å². The summed E-state index contributed by atoms with van der Waals surface area (Å²) in [6.07, 6.45) is 3.60. The monoisotopic (exact) mass is 411 g/mol. The van der Waals surface area contributed by atoms with E-state index in [1.165, 1.54) is 6.07 Å². The van der Waals surface area contributed by atoms with Gasteiger partial charge in [0.25, 0.3) is 6.02 Å². The van der Waals surface area contributed by atoms with Crippen molar-refractivity contribution in [1.82, 2.24) is 4.90 Å². The lowest BCUT2D eigenvalue weighted by Crippen LogP contribution is -2.60. The zero-order chi connectivity index (χ0) is 20.9. The van der Waals surface area contributed by atoms with Crippen LogP contribution in [0.3, 0.4) is 0 Å². The van der Waals surface area contributed by atoms with Crippen molar-refractivity contribution in [2.45, 2.75) is 50.4 Å². The average molecular weight is 411 g/mol. The SMILES string of the molecule is CN(C(=N)OC(=N)c1ccc(OC(F)F)c(O)c1)C1C2CC3CC1CC(F)(C3)C2. The molecule has 1 aromatic rings. The highest BCUT2D eigenvalue weighted by atomic mass is 19.3. The molecule has 0 amide bonds. The lowest BCUT2D eigenvalue weighted by atomic mass is 9.52. The van der Waals surface area contributed by atoms with Crippen molar-refractivity contribution in [3.05, 3.63) is 23.8 Å². The van der Waals surface area contributed by atoms with E-state index in [0.717, 1.165) is 25.0 Å². The Hall–Kier alpha value is -2.45. The molecule has 29 heavy (non-hydrogen) atoms. The van der Waals surface area contributed by atoms with E-state index in [2.05, 4.69) is 4.74 Å². The van der Waals surface area contributed by atoms with Gasteiger partial charge in [0.2, 0.25) is 5.90 Å². The molecule has 4 fully saturated rings. The number of alkyl halides is 3. The minimum atomic E-state index is -3.08. The molecule has 0 aliphatic heterocycles. The Morgan fingerprint density at radius 2 is 1.86 bits per heavy atom. The fourth-order valence-electron chi connectivity index (χ4n) is 5.75. The van der Waals surface area contributed by atoms with Crippen LogP contribution >= 0.6 is 0 Å². The number of hydrogen-bond donors (Lipinski definition) is 3. The number of benzene rings is 1. The van der Waals surface area contributed by atoms with Crippen LogP contribution in [0.25, 0.3) is 0 Å². The normalized spacial score (nSPS) is 32.3. The van der Waals surface area contributed by atoms with Crippen LogP contribution in [0.5, 0.6) is 11.5 Å². The summed E-state index contributed by atoms with van der Waals surface area (Å²) in [7, 11) is 1.73. The predicted octanol–water partition coefficient (Wildman–Crippen LogP) is 4.12. The van der Waals surface area contributed by atoms with Gasteiger partial charge in [0.1, 0.15) is 5.67 Å². The molecular formula is C20H24F3N3O3. The zero-order valence-corrected chi connectivity index (χ0v) is 16.0. The number of amidine groups is 1. The van der Waals surface area contributed by atoms with Gasteiger partial charge >= 0.3 is 6.61 Å². The maximum absolute atomic E-state index is 14.9. The molecule has 1 aromatic carbocycles. The number of rotatable bonds is 4. The molecule has 2 unspecified atom stereocenters. The van der Waals surface area contributed by atoms with Crippen molar-refractivity contribution in [2.75, 3.05) is 7.05 Å². The van der Waals surface area contributed by atoms with Gasteiger partial charge in [0.05, 0.1) is 0 Å². The maximum Gasteiger partial charge on any atom is 0.387 e. The molecule has 4 aliphatic carbocycles. The van der Waals surface area contributed by atoms with Crippen LogP contribution in [0.1, 0.15) is 37.7 Å². The molecular weight excluding hydrogens is 387 g/mol. The van der Waals surface area contributed by atoms with E-state index in [4.69, 9.17) is 15.6 Å². The van der Waals surface area contributed by atoms with E-state index < -0.39 is 29.7 Å². The van der Waals surface area contributed by atoms with E-state index in [-0.39, 0.29) is 29.5 Å². The van der Waals surface area contributed by atoms with Crippen LogP contribution in [-0.2, 0) is 4.74 Å². The molecule has 0 radical (unpaired) electrons. The number of phenolic OH excluding ortho intramolecular Hbond substituents is 1. The third-order valence-electron chi connectivity index (χ3n) is 6.55. The molecule has 0 spiro atoms. The lowest BCUT2D eigenvalue weighted by molar-refractivity contribution is -0.110. The van der Waals surface area contributed by atoms with Gasteiger partial charge in [-0.1, -0.05) is 0 Å². The molecule has 0 aromatic heterocycles. The fourth-order valence-corrected chi connectivity index (χ4v) is 5.75. The molecule has 4 saturated carbocycles. The maximum atomic E-state index is 14.9. The van der Waals surface area contributed by atoms with Crippen molar-refractivity contribution in [1.29, 1.82) is 10.8 Å². The molecule has 4 bridgehead atoms. The first kappa shape index (κ1) is 19.8. The fraction of sp³-hybridized carbons (Fsp3) is 0.600. The van der Waals surface area contributed by atoms with Crippen LogP contribution in [0, 0.1) is 28.6 Å². The van der Waals surface area contributed by atoms with Crippen molar-refractivity contribution in [3.8, 4) is 11.5 Å². The van der Waals surface area contributed by atoms with Crippen LogP contribution in [0.4, 0.5) is 13.2 Å². The minimum absolute atomic E-state index is 0.00551. The highest BCUT2D eigenvalue weighted by Gasteiger charge is 2.57. The number of phenols is 1. The molecule has 0 saturated heterocycles. The average Bonchev–Trinajstić information content (AvgIpc) is 2.61. The summed E-state index contributed by atoms with van der Waals surface area (Å²) in [6.45, 7) is -3.08. The van der Waals surface area contributed by atoms with Gasteiger partial charge in [-0.25, -0.2) is 4.39 Å². The molecule has 2 atom stereocenters. The minimum Gasteiger partial charge on any atom is -0.504 e. The van der Waals surface area contributed by atoms with Gasteiger partial charge in [-0.05, 0) is 68.1 Å². The molecule has 0 heterocycles. The second kappa shape index (κ2) is 7.11. The first-order valence-corrected chi connectivity index (χ1v) is 9.70. The van der Waals surface area contributed by atoms with Crippen molar-refractivity contribution in [3.63, 3.8) is 0 Å². The first-order valence-electron chi connectivity index (χ1n) is 9.70. The summed E-state index contributed by atoms with van der Waals surface area (Å²) in [6, 6.07) is 3.26. The van der Waals surface area contributed by atoms with Crippen molar-refractivity contribution >= 4 is 11.9 Å². The van der Waals surface area contributed by atoms with E-state index in [1.54, 1.807) is 11.9 Å². The van der Waals surface area contributed by atoms with Crippen molar-refractivity contribution < 1.29 is 27.8 Å². The Bertz CT molecular complexity index is 818. The van der Waals surface area contributed by atoms with Gasteiger partial charge in [-0.3, -0.25) is 10.8 Å². The summed E-state index contributed by atoms with van der Waals surface area (Å²) >= 11 is 0. The Balaban J connectivity index is 1.41. The molecule has 4 aliphatic rings. The Morgan fingerprint density at radius 3 is 2.41 bits per heavy atom.